The molecular formula is C14H18BrN3O. The van der Waals surface area contributed by atoms with Gasteiger partial charge >= 0.3 is 0 Å². The number of anilines is 2. The average molecular weight is 324 g/mol. The molecule has 5 heteroatoms. The van der Waals surface area contributed by atoms with E-state index in [4.69, 9.17) is 0 Å². The first kappa shape index (κ1) is 12.9. The third-order valence-corrected chi connectivity index (χ3v) is 4.43. The van der Waals surface area contributed by atoms with Gasteiger partial charge in [-0.05, 0) is 41.9 Å². The van der Waals surface area contributed by atoms with Crippen molar-refractivity contribution >= 4 is 33.2 Å². The molecule has 0 aromatic heterocycles. The highest BCUT2D eigenvalue weighted by molar-refractivity contribution is 9.10. The van der Waals surface area contributed by atoms with Crippen LogP contribution in [0.1, 0.15) is 13.8 Å². The first-order valence-corrected chi connectivity index (χ1v) is 7.49. The fourth-order valence-electron chi connectivity index (χ4n) is 2.99. The summed E-state index contributed by atoms with van der Waals surface area (Å²) in [5.41, 5.74) is 2.18. The average Bonchev–Trinajstić information content (AvgIpc) is 2.38. The molecule has 0 saturated carbocycles. The van der Waals surface area contributed by atoms with Crippen molar-refractivity contribution in [1.29, 1.82) is 0 Å². The lowest BCUT2D eigenvalue weighted by Gasteiger charge is -2.47. The van der Waals surface area contributed by atoms with Crippen LogP contribution >= 0.6 is 15.9 Å². The third kappa shape index (κ3) is 1.96. The molecular weight excluding hydrogens is 306 g/mol. The Morgan fingerprint density at radius 2 is 2.21 bits per heavy atom. The van der Waals surface area contributed by atoms with Gasteiger partial charge in [0.25, 0.3) is 5.91 Å². The molecule has 1 atom stereocenters. The van der Waals surface area contributed by atoms with Crippen molar-refractivity contribution < 1.29 is 4.79 Å². The molecule has 1 saturated heterocycles. The van der Waals surface area contributed by atoms with Gasteiger partial charge in [-0.15, -0.1) is 0 Å². The summed E-state index contributed by atoms with van der Waals surface area (Å²) < 4.78 is 1.06. The number of hydrogen-bond acceptors (Lipinski definition) is 3. The number of carbonyl (C=O) groups is 1. The van der Waals surface area contributed by atoms with Crippen molar-refractivity contribution in [2.75, 3.05) is 29.4 Å². The van der Waals surface area contributed by atoms with E-state index in [-0.39, 0.29) is 18.0 Å². The van der Waals surface area contributed by atoms with Gasteiger partial charge in [0.05, 0.1) is 11.4 Å². The molecule has 0 spiro atoms. The maximum atomic E-state index is 12.7. The predicted octanol–water partition coefficient (Wildman–Crippen LogP) is 1.98. The van der Waals surface area contributed by atoms with E-state index < -0.39 is 0 Å². The molecule has 19 heavy (non-hydrogen) atoms. The molecule has 1 fully saturated rings. The van der Waals surface area contributed by atoms with Gasteiger partial charge in [-0.2, -0.15) is 0 Å². The molecule has 102 valence electrons. The maximum absolute atomic E-state index is 12.7. The molecule has 3 rings (SSSR count). The number of rotatable bonds is 1. The Kier molecular flexibility index (Phi) is 3.27. The van der Waals surface area contributed by atoms with Crippen molar-refractivity contribution in [3.63, 3.8) is 0 Å². The summed E-state index contributed by atoms with van der Waals surface area (Å²) in [6.45, 7) is 6.65. The monoisotopic (exact) mass is 323 g/mol. The van der Waals surface area contributed by atoms with Gasteiger partial charge in [0.15, 0.2) is 0 Å². The van der Waals surface area contributed by atoms with Gasteiger partial charge < -0.3 is 15.1 Å². The van der Waals surface area contributed by atoms with Gasteiger partial charge in [-0.25, -0.2) is 0 Å². The van der Waals surface area contributed by atoms with Gasteiger partial charge in [0.1, 0.15) is 6.04 Å². The SMILES string of the molecule is CC(C)N1C(=O)C2CNCCN2c2c(Br)cccc21. The van der Waals surface area contributed by atoms with Crippen LogP contribution in [0.4, 0.5) is 11.4 Å². The highest BCUT2D eigenvalue weighted by atomic mass is 79.9. The van der Waals surface area contributed by atoms with E-state index in [9.17, 15) is 4.79 Å². The first-order chi connectivity index (χ1) is 9.11. The summed E-state index contributed by atoms with van der Waals surface area (Å²) in [6.07, 6.45) is 0. The second-order valence-electron chi connectivity index (χ2n) is 5.32. The molecule has 1 N–H and O–H groups in total. The highest BCUT2D eigenvalue weighted by Crippen LogP contribution is 2.42. The van der Waals surface area contributed by atoms with Gasteiger partial charge in [0.2, 0.25) is 0 Å². The van der Waals surface area contributed by atoms with E-state index in [1.54, 1.807) is 0 Å². The highest BCUT2D eigenvalue weighted by Gasteiger charge is 2.41. The Labute approximate surface area is 121 Å². The Morgan fingerprint density at radius 3 is 2.95 bits per heavy atom. The van der Waals surface area contributed by atoms with E-state index in [2.05, 4.69) is 40.0 Å². The Balaban J connectivity index is 2.17. The van der Waals surface area contributed by atoms with Gasteiger partial charge in [0, 0.05) is 30.1 Å². The number of piperazine rings is 1. The van der Waals surface area contributed by atoms with Crippen molar-refractivity contribution in [1.82, 2.24) is 5.32 Å². The van der Waals surface area contributed by atoms with Gasteiger partial charge in [-0.3, -0.25) is 4.79 Å². The standard InChI is InChI=1S/C14H18BrN3O/c1-9(2)18-11-5-3-4-10(15)13(11)17-7-6-16-8-12(17)14(18)19/h3-5,9,12,16H,6-8H2,1-2H3. The summed E-state index contributed by atoms with van der Waals surface area (Å²) in [5, 5.41) is 3.32. The lowest BCUT2D eigenvalue weighted by atomic mass is 10.0. The zero-order valence-electron chi connectivity index (χ0n) is 11.2. The van der Waals surface area contributed by atoms with Crippen molar-refractivity contribution in [2.24, 2.45) is 0 Å². The van der Waals surface area contributed by atoms with Crippen LogP contribution in [-0.4, -0.2) is 37.6 Å². The van der Waals surface area contributed by atoms with E-state index in [1.165, 1.54) is 0 Å². The fourth-order valence-corrected chi connectivity index (χ4v) is 3.57. The van der Waals surface area contributed by atoms with Crippen LogP contribution in [0.5, 0.6) is 0 Å². The number of nitrogens with one attached hydrogen (secondary N) is 1. The molecule has 1 unspecified atom stereocenters. The Hall–Kier alpha value is -1.07. The van der Waals surface area contributed by atoms with E-state index in [1.807, 2.05) is 23.1 Å². The van der Waals surface area contributed by atoms with Crippen molar-refractivity contribution in [2.45, 2.75) is 25.9 Å². The number of hydrogen-bond donors (Lipinski definition) is 1. The van der Waals surface area contributed by atoms with Crippen LogP contribution in [0.3, 0.4) is 0 Å². The minimum absolute atomic E-state index is 0.0812. The quantitative estimate of drug-likeness (QED) is 0.858. The normalized spacial score (nSPS) is 22.5. The number of amides is 1. The van der Waals surface area contributed by atoms with Crippen LogP contribution in [-0.2, 0) is 4.79 Å². The minimum atomic E-state index is -0.0812. The van der Waals surface area contributed by atoms with E-state index in [0.717, 1.165) is 35.5 Å². The van der Waals surface area contributed by atoms with Crippen LogP contribution in [0.2, 0.25) is 0 Å². The predicted molar refractivity (Wildman–Crippen MR) is 80.8 cm³/mol. The summed E-state index contributed by atoms with van der Waals surface area (Å²) in [5.74, 6) is 0.202. The lowest BCUT2D eigenvalue weighted by Crippen LogP contribution is -2.63. The summed E-state index contributed by atoms with van der Waals surface area (Å²) >= 11 is 3.64. The zero-order chi connectivity index (χ0) is 13.6. The second-order valence-corrected chi connectivity index (χ2v) is 6.18. The molecule has 2 aliphatic heterocycles. The minimum Gasteiger partial charge on any atom is -0.355 e. The zero-order valence-corrected chi connectivity index (χ0v) is 12.8. The number of carbonyl (C=O) groups excluding carboxylic acids is 1. The largest absolute Gasteiger partial charge is 0.355 e. The molecule has 2 aliphatic rings. The molecule has 2 heterocycles. The molecule has 1 aromatic carbocycles. The maximum Gasteiger partial charge on any atom is 0.251 e. The van der Waals surface area contributed by atoms with Crippen LogP contribution in [0.15, 0.2) is 22.7 Å². The number of nitrogens with zero attached hydrogens (tertiary/aromatic N) is 2. The topological polar surface area (TPSA) is 35.6 Å². The number of fused-ring (bicyclic) bond motifs is 3. The molecule has 4 nitrogen and oxygen atoms in total. The van der Waals surface area contributed by atoms with Crippen LogP contribution in [0, 0.1) is 0 Å². The smallest absolute Gasteiger partial charge is 0.251 e. The van der Waals surface area contributed by atoms with Crippen molar-refractivity contribution in [3.8, 4) is 0 Å². The summed E-state index contributed by atoms with van der Waals surface area (Å²) in [6, 6.07) is 6.17. The number of para-hydroxylation sites is 1. The molecule has 1 amide bonds. The van der Waals surface area contributed by atoms with Gasteiger partial charge in [-0.1, -0.05) is 6.07 Å². The lowest BCUT2D eigenvalue weighted by molar-refractivity contribution is -0.120. The Bertz CT molecular complexity index is 517. The van der Waals surface area contributed by atoms with Crippen molar-refractivity contribution in [3.05, 3.63) is 22.7 Å². The molecule has 1 aromatic rings. The van der Waals surface area contributed by atoms with Crippen LogP contribution in [0.25, 0.3) is 0 Å². The first-order valence-electron chi connectivity index (χ1n) is 6.70. The number of benzene rings is 1. The summed E-state index contributed by atoms with van der Waals surface area (Å²) in [7, 11) is 0. The Morgan fingerprint density at radius 1 is 1.42 bits per heavy atom. The molecule has 0 aliphatic carbocycles. The van der Waals surface area contributed by atoms with E-state index >= 15 is 0 Å². The molecule has 0 radical (unpaired) electrons. The molecule has 0 bridgehead atoms. The third-order valence-electron chi connectivity index (χ3n) is 3.79. The number of halogens is 1. The second kappa shape index (κ2) is 4.80. The summed E-state index contributed by atoms with van der Waals surface area (Å²) in [4.78, 5) is 16.9. The van der Waals surface area contributed by atoms with E-state index in [0.29, 0.717) is 0 Å². The fraction of sp³-hybridized carbons (Fsp3) is 0.500. The van der Waals surface area contributed by atoms with Crippen LogP contribution < -0.4 is 15.1 Å².